The molecule has 0 aromatic heterocycles. The lowest BCUT2D eigenvalue weighted by Crippen LogP contribution is -2.38. The molecule has 1 saturated heterocycles. The standard InChI is InChI=1S/C24H25N3O6/c1-29-20-4-2-17(13-22(20)31-11-8-27-6-9-30-10-7-27)12-18(15-25)24(28)26-19-3-5-21-23(14-19)33-16-32-21/h2-5,12-14H,6-11,16H2,1H3,(H,26,28)/b18-12-. The van der Waals surface area contributed by atoms with Gasteiger partial charge in [0.1, 0.15) is 18.2 Å². The van der Waals surface area contributed by atoms with Gasteiger partial charge in [-0.3, -0.25) is 9.69 Å². The summed E-state index contributed by atoms with van der Waals surface area (Å²) < 4.78 is 27.3. The minimum absolute atomic E-state index is 0.0444. The van der Waals surface area contributed by atoms with Gasteiger partial charge in [-0.05, 0) is 35.9 Å². The Morgan fingerprint density at radius 3 is 2.76 bits per heavy atom. The maximum absolute atomic E-state index is 12.7. The molecule has 4 rings (SSSR count). The molecule has 0 spiro atoms. The second-order valence-electron chi connectivity index (χ2n) is 7.40. The van der Waals surface area contributed by atoms with Gasteiger partial charge in [-0.2, -0.15) is 5.26 Å². The van der Waals surface area contributed by atoms with Crippen molar-refractivity contribution in [1.82, 2.24) is 4.90 Å². The highest BCUT2D eigenvalue weighted by Crippen LogP contribution is 2.34. The maximum Gasteiger partial charge on any atom is 0.266 e. The third kappa shape index (κ3) is 5.74. The predicted molar refractivity (Wildman–Crippen MR) is 121 cm³/mol. The Morgan fingerprint density at radius 1 is 1.15 bits per heavy atom. The molecule has 1 amide bonds. The lowest BCUT2D eigenvalue weighted by molar-refractivity contribution is -0.112. The van der Waals surface area contributed by atoms with Crippen LogP contribution in [-0.4, -0.2) is 64.2 Å². The first kappa shape index (κ1) is 22.5. The van der Waals surface area contributed by atoms with E-state index in [1.54, 1.807) is 43.5 Å². The highest BCUT2D eigenvalue weighted by molar-refractivity contribution is 6.09. The van der Waals surface area contributed by atoms with Gasteiger partial charge >= 0.3 is 0 Å². The molecule has 0 unspecified atom stereocenters. The zero-order chi connectivity index (χ0) is 23.0. The average molecular weight is 451 g/mol. The van der Waals surface area contributed by atoms with Crippen molar-refractivity contribution in [2.75, 3.05) is 58.7 Å². The Hall–Kier alpha value is -3.74. The van der Waals surface area contributed by atoms with Gasteiger partial charge in [-0.15, -0.1) is 0 Å². The molecule has 2 aromatic rings. The second kappa shape index (κ2) is 10.7. The number of nitrogens with zero attached hydrogens (tertiary/aromatic N) is 2. The number of methoxy groups -OCH3 is 1. The molecule has 0 bridgehead atoms. The summed E-state index contributed by atoms with van der Waals surface area (Å²) in [4.78, 5) is 14.9. The van der Waals surface area contributed by atoms with E-state index in [-0.39, 0.29) is 12.4 Å². The minimum Gasteiger partial charge on any atom is -0.493 e. The molecule has 1 fully saturated rings. The number of benzene rings is 2. The summed E-state index contributed by atoms with van der Waals surface area (Å²) >= 11 is 0. The molecule has 2 heterocycles. The number of ether oxygens (including phenoxy) is 5. The number of carbonyl (C=O) groups excluding carboxylic acids is 1. The molecule has 2 aromatic carbocycles. The van der Waals surface area contributed by atoms with Crippen molar-refractivity contribution in [2.24, 2.45) is 0 Å². The molecule has 0 atom stereocenters. The number of hydrogen-bond donors (Lipinski definition) is 1. The zero-order valence-corrected chi connectivity index (χ0v) is 18.3. The van der Waals surface area contributed by atoms with Crippen LogP contribution in [0.1, 0.15) is 5.56 Å². The van der Waals surface area contributed by atoms with Gasteiger partial charge in [0.25, 0.3) is 5.91 Å². The van der Waals surface area contributed by atoms with E-state index in [4.69, 9.17) is 23.7 Å². The van der Waals surface area contributed by atoms with Gasteiger partial charge in [-0.25, -0.2) is 0 Å². The highest BCUT2D eigenvalue weighted by atomic mass is 16.7. The molecule has 0 saturated carbocycles. The summed E-state index contributed by atoms with van der Waals surface area (Å²) in [5.41, 5.74) is 1.11. The Labute approximate surface area is 192 Å². The molecule has 9 nitrogen and oxygen atoms in total. The lowest BCUT2D eigenvalue weighted by Gasteiger charge is -2.26. The van der Waals surface area contributed by atoms with Crippen LogP contribution < -0.4 is 24.3 Å². The first-order valence-corrected chi connectivity index (χ1v) is 10.6. The van der Waals surface area contributed by atoms with Crippen molar-refractivity contribution in [3.63, 3.8) is 0 Å². The van der Waals surface area contributed by atoms with Crippen molar-refractivity contribution < 1.29 is 28.5 Å². The number of amides is 1. The molecule has 0 aliphatic carbocycles. The molecule has 9 heteroatoms. The van der Waals surface area contributed by atoms with Crippen LogP contribution in [0.4, 0.5) is 5.69 Å². The van der Waals surface area contributed by atoms with Crippen LogP contribution in [0.5, 0.6) is 23.0 Å². The van der Waals surface area contributed by atoms with Crippen LogP contribution in [0.2, 0.25) is 0 Å². The van der Waals surface area contributed by atoms with E-state index in [1.165, 1.54) is 6.08 Å². The molecule has 33 heavy (non-hydrogen) atoms. The third-order valence-electron chi connectivity index (χ3n) is 5.26. The number of rotatable bonds is 8. The molecule has 2 aliphatic heterocycles. The topological polar surface area (TPSA) is 102 Å². The summed E-state index contributed by atoms with van der Waals surface area (Å²) in [7, 11) is 1.57. The molecule has 0 radical (unpaired) electrons. The molecule has 1 N–H and O–H groups in total. The van der Waals surface area contributed by atoms with Gasteiger partial charge < -0.3 is 29.0 Å². The van der Waals surface area contributed by atoms with Crippen LogP contribution >= 0.6 is 0 Å². The Bertz CT molecular complexity index is 1070. The maximum atomic E-state index is 12.7. The monoisotopic (exact) mass is 451 g/mol. The van der Waals surface area contributed by atoms with Crippen molar-refractivity contribution in [3.8, 4) is 29.1 Å². The number of nitriles is 1. The summed E-state index contributed by atoms with van der Waals surface area (Å²) in [6.45, 7) is 4.63. The van der Waals surface area contributed by atoms with Crippen molar-refractivity contribution >= 4 is 17.7 Å². The number of fused-ring (bicyclic) bond motifs is 1. The van der Waals surface area contributed by atoms with E-state index in [0.717, 1.165) is 32.8 Å². The van der Waals surface area contributed by atoms with E-state index >= 15 is 0 Å². The molecule has 172 valence electrons. The summed E-state index contributed by atoms with van der Waals surface area (Å²) in [6.07, 6.45) is 1.51. The quantitative estimate of drug-likeness (QED) is 0.483. The van der Waals surface area contributed by atoms with E-state index in [0.29, 0.717) is 40.9 Å². The van der Waals surface area contributed by atoms with Gasteiger partial charge in [-0.1, -0.05) is 6.07 Å². The largest absolute Gasteiger partial charge is 0.493 e. The molecular formula is C24H25N3O6. The molecule has 2 aliphatic rings. The number of morpholine rings is 1. The number of anilines is 1. The van der Waals surface area contributed by atoms with Crippen LogP contribution in [0.25, 0.3) is 6.08 Å². The van der Waals surface area contributed by atoms with E-state index < -0.39 is 5.91 Å². The normalized spacial score (nSPS) is 15.6. The van der Waals surface area contributed by atoms with Gasteiger partial charge in [0.2, 0.25) is 6.79 Å². The van der Waals surface area contributed by atoms with Crippen LogP contribution in [0, 0.1) is 11.3 Å². The lowest BCUT2D eigenvalue weighted by atomic mass is 10.1. The predicted octanol–water partition coefficient (Wildman–Crippen LogP) is 2.68. The van der Waals surface area contributed by atoms with Crippen LogP contribution in [-0.2, 0) is 9.53 Å². The number of carbonyl (C=O) groups is 1. The Balaban J connectivity index is 1.43. The number of nitrogens with one attached hydrogen (secondary N) is 1. The Kier molecular flexibility index (Phi) is 7.29. The van der Waals surface area contributed by atoms with E-state index in [2.05, 4.69) is 10.2 Å². The van der Waals surface area contributed by atoms with Gasteiger partial charge in [0.05, 0.1) is 20.3 Å². The fourth-order valence-electron chi connectivity index (χ4n) is 3.49. The summed E-state index contributed by atoms with van der Waals surface area (Å²) in [6, 6.07) is 12.3. The smallest absolute Gasteiger partial charge is 0.266 e. The fourth-order valence-corrected chi connectivity index (χ4v) is 3.49. The van der Waals surface area contributed by atoms with Crippen molar-refractivity contribution in [2.45, 2.75) is 0 Å². The third-order valence-corrected chi connectivity index (χ3v) is 5.26. The minimum atomic E-state index is -0.526. The second-order valence-corrected chi connectivity index (χ2v) is 7.40. The first-order chi connectivity index (χ1) is 16.2. The number of hydrogen-bond acceptors (Lipinski definition) is 8. The SMILES string of the molecule is COc1ccc(/C=C(/C#N)C(=O)Nc2ccc3c(c2)OCO3)cc1OCCN1CCOCC1. The molecular weight excluding hydrogens is 426 g/mol. The van der Waals surface area contributed by atoms with Crippen molar-refractivity contribution in [1.29, 1.82) is 5.26 Å². The van der Waals surface area contributed by atoms with Gasteiger partial charge in [0.15, 0.2) is 23.0 Å². The first-order valence-electron chi connectivity index (χ1n) is 10.6. The summed E-state index contributed by atoms with van der Waals surface area (Å²) in [5, 5.41) is 12.3. The average Bonchev–Trinajstić information content (AvgIpc) is 3.31. The Morgan fingerprint density at radius 2 is 1.97 bits per heavy atom. The van der Waals surface area contributed by atoms with Crippen LogP contribution in [0.15, 0.2) is 42.0 Å². The summed E-state index contributed by atoms with van der Waals surface area (Å²) in [5.74, 6) is 1.76. The van der Waals surface area contributed by atoms with E-state index in [9.17, 15) is 10.1 Å². The highest BCUT2D eigenvalue weighted by Gasteiger charge is 2.16. The van der Waals surface area contributed by atoms with Crippen molar-refractivity contribution in [3.05, 3.63) is 47.5 Å². The van der Waals surface area contributed by atoms with E-state index in [1.807, 2.05) is 6.07 Å². The van der Waals surface area contributed by atoms with Gasteiger partial charge in [0, 0.05) is 31.4 Å². The van der Waals surface area contributed by atoms with Crippen LogP contribution in [0.3, 0.4) is 0 Å². The fraction of sp³-hybridized carbons (Fsp3) is 0.333. The zero-order valence-electron chi connectivity index (χ0n) is 18.3.